The van der Waals surface area contributed by atoms with Crippen LogP contribution in [0.5, 0.6) is 0 Å². The zero-order valence-electron chi connectivity index (χ0n) is 13.1. The van der Waals surface area contributed by atoms with Gasteiger partial charge in [-0.25, -0.2) is 0 Å². The van der Waals surface area contributed by atoms with Crippen LogP contribution in [0.1, 0.15) is 38.2 Å². The topological polar surface area (TPSA) is 6.48 Å². The first-order valence-electron chi connectivity index (χ1n) is 8.43. The van der Waals surface area contributed by atoms with Crippen LogP contribution in [0, 0.1) is 5.92 Å². The third kappa shape index (κ3) is 4.08. The minimum atomic E-state index is 0.853. The Bertz CT molecular complexity index is 454. The van der Waals surface area contributed by atoms with E-state index in [2.05, 4.69) is 56.9 Å². The SMILES string of the molecule is C[C@@H]1CCCC[C@H]1N1CCN(Cc2cccc(Br)c2)CC1. The van der Waals surface area contributed by atoms with E-state index in [9.17, 15) is 0 Å². The molecular formula is C18H27BrN2. The molecule has 2 aliphatic rings. The first-order valence-corrected chi connectivity index (χ1v) is 9.22. The number of piperazine rings is 1. The summed E-state index contributed by atoms with van der Waals surface area (Å²) in [4.78, 5) is 5.37. The van der Waals surface area contributed by atoms with Crippen molar-refractivity contribution in [1.82, 2.24) is 9.80 Å². The van der Waals surface area contributed by atoms with Crippen molar-refractivity contribution in [2.24, 2.45) is 5.92 Å². The molecule has 3 rings (SSSR count). The highest BCUT2D eigenvalue weighted by atomic mass is 79.9. The van der Waals surface area contributed by atoms with Gasteiger partial charge in [-0.05, 0) is 36.5 Å². The second-order valence-electron chi connectivity index (χ2n) is 6.77. The number of hydrogen-bond donors (Lipinski definition) is 0. The van der Waals surface area contributed by atoms with E-state index in [1.807, 2.05) is 0 Å². The van der Waals surface area contributed by atoms with Gasteiger partial charge in [-0.1, -0.05) is 47.8 Å². The molecule has 0 aromatic heterocycles. The molecule has 1 aliphatic carbocycles. The van der Waals surface area contributed by atoms with Gasteiger partial charge in [-0.3, -0.25) is 9.80 Å². The summed E-state index contributed by atoms with van der Waals surface area (Å²) in [6, 6.07) is 9.58. The van der Waals surface area contributed by atoms with Crippen molar-refractivity contribution in [3.63, 3.8) is 0 Å². The molecule has 1 aromatic carbocycles. The highest BCUT2D eigenvalue weighted by molar-refractivity contribution is 9.10. The maximum absolute atomic E-state index is 3.57. The van der Waals surface area contributed by atoms with E-state index >= 15 is 0 Å². The summed E-state index contributed by atoms with van der Waals surface area (Å²) in [7, 11) is 0. The smallest absolute Gasteiger partial charge is 0.0235 e. The van der Waals surface area contributed by atoms with Gasteiger partial charge < -0.3 is 0 Å². The summed E-state index contributed by atoms with van der Waals surface area (Å²) < 4.78 is 1.19. The third-order valence-electron chi connectivity index (χ3n) is 5.24. The van der Waals surface area contributed by atoms with Crippen LogP contribution in [-0.4, -0.2) is 42.0 Å². The van der Waals surface area contributed by atoms with E-state index < -0.39 is 0 Å². The molecule has 0 unspecified atom stereocenters. The van der Waals surface area contributed by atoms with E-state index in [-0.39, 0.29) is 0 Å². The Morgan fingerprint density at radius 2 is 1.86 bits per heavy atom. The number of benzene rings is 1. The molecule has 0 amide bonds. The molecule has 21 heavy (non-hydrogen) atoms. The van der Waals surface area contributed by atoms with Gasteiger partial charge in [0.15, 0.2) is 0 Å². The quantitative estimate of drug-likeness (QED) is 0.807. The zero-order valence-corrected chi connectivity index (χ0v) is 14.7. The number of nitrogens with zero attached hydrogens (tertiary/aromatic N) is 2. The molecule has 1 saturated carbocycles. The van der Waals surface area contributed by atoms with Crippen LogP contribution in [-0.2, 0) is 6.54 Å². The predicted molar refractivity (Wildman–Crippen MR) is 92.4 cm³/mol. The van der Waals surface area contributed by atoms with E-state index in [0.29, 0.717) is 0 Å². The van der Waals surface area contributed by atoms with Crippen LogP contribution in [0.25, 0.3) is 0 Å². The molecular weight excluding hydrogens is 324 g/mol. The Hall–Kier alpha value is -0.380. The maximum Gasteiger partial charge on any atom is 0.0235 e. The van der Waals surface area contributed by atoms with Crippen molar-refractivity contribution >= 4 is 15.9 Å². The second-order valence-corrected chi connectivity index (χ2v) is 7.69. The highest BCUT2D eigenvalue weighted by Crippen LogP contribution is 2.28. The van der Waals surface area contributed by atoms with Gasteiger partial charge in [-0.15, -0.1) is 0 Å². The van der Waals surface area contributed by atoms with Crippen LogP contribution in [0.2, 0.25) is 0 Å². The lowest BCUT2D eigenvalue weighted by Crippen LogP contribution is -2.52. The number of rotatable bonds is 3. The molecule has 116 valence electrons. The van der Waals surface area contributed by atoms with Gasteiger partial charge in [-0.2, -0.15) is 0 Å². The van der Waals surface area contributed by atoms with E-state index in [1.165, 1.54) is 61.9 Å². The molecule has 1 aliphatic heterocycles. The molecule has 0 radical (unpaired) electrons. The van der Waals surface area contributed by atoms with Crippen molar-refractivity contribution in [1.29, 1.82) is 0 Å². The summed E-state index contributed by atoms with van der Waals surface area (Å²) >= 11 is 3.57. The Kier molecular flexibility index (Phi) is 5.36. The predicted octanol–water partition coefficient (Wildman–Crippen LogP) is 4.15. The summed E-state index contributed by atoms with van der Waals surface area (Å²) in [5.74, 6) is 0.898. The molecule has 1 saturated heterocycles. The standard InChI is InChI=1S/C18H27BrN2/c1-15-5-2-3-8-18(15)21-11-9-20(10-12-21)14-16-6-4-7-17(19)13-16/h4,6-7,13,15,18H,2-3,5,8-12,14H2,1H3/t15-,18-/m1/s1. The van der Waals surface area contributed by atoms with Crippen LogP contribution in [0.15, 0.2) is 28.7 Å². The van der Waals surface area contributed by atoms with Crippen LogP contribution in [0.3, 0.4) is 0 Å². The molecule has 1 aromatic rings. The molecule has 2 atom stereocenters. The maximum atomic E-state index is 3.57. The summed E-state index contributed by atoms with van der Waals surface area (Å²) in [5.41, 5.74) is 1.42. The summed E-state index contributed by atoms with van der Waals surface area (Å²) in [6.07, 6.45) is 5.74. The van der Waals surface area contributed by atoms with Gasteiger partial charge in [0, 0.05) is 43.2 Å². The second kappa shape index (κ2) is 7.26. The fourth-order valence-electron chi connectivity index (χ4n) is 3.99. The first kappa shape index (κ1) is 15.5. The van der Waals surface area contributed by atoms with Crippen LogP contribution >= 0.6 is 15.9 Å². The van der Waals surface area contributed by atoms with Gasteiger partial charge in [0.1, 0.15) is 0 Å². The van der Waals surface area contributed by atoms with Gasteiger partial charge in [0.2, 0.25) is 0 Å². The molecule has 1 heterocycles. The van der Waals surface area contributed by atoms with E-state index in [1.54, 1.807) is 0 Å². The van der Waals surface area contributed by atoms with E-state index in [0.717, 1.165) is 18.5 Å². The molecule has 0 bridgehead atoms. The largest absolute Gasteiger partial charge is 0.298 e. The minimum absolute atomic E-state index is 0.853. The summed E-state index contributed by atoms with van der Waals surface area (Å²) in [5, 5.41) is 0. The number of hydrogen-bond acceptors (Lipinski definition) is 2. The van der Waals surface area contributed by atoms with Crippen LogP contribution in [0.4, 0.5) is 0 Å². The monoisotopic (exact) mass is 350 g/mol. The molecule has 0 N–H and O–H groups in total. The molecule has 2 nitrogen and oxygen atoms in total. The average Bonchev–Trinajstić information content (AvgIpc) is 2.49. The Morgan fingerprint density at radius 3 is 2.57 bits per heavy atom. The number of halogens is 1. The normalized spacial score (nSPS) is 28.7. The van der Waals surface area contributed by atoms with Crippen molar-refractivity contribution in [2.45, 2.75) is 45.2 Å². The van der Waals surface area contributed by atoms with Crippen molar-refractivity contribution < 1.29 is 0 Å². The Morgan fingerprint density at radius 1 is 1.10 bits per heavy atom. The third-order valence-corrected chi connectivity index (χ3v) is 5.73. The average molecular weight is 351 g/mol. The Balaban J connectivity index is 1.50. The van der Waals surface area contributed by atoms with Crippen molar-refractivity contribution in [2.75, 3.05) is 26.2 Å². The fraction of sp³-hybridized carbons (Fsp3) is 0.667. The lowest BCUT2D eigenvalue weighted by Gasteiger charge is -2.43. The van der Waals surface area contributed by atoms with Gasteiger partial charge >= 0.3 is 0 Å². The Labute approximate surface area is 137 Å². The molecule has 2 fully saturated rings. The van der Waals surface area contributed by atoms with Gasteiger partial charge in [0.25, 0.3) is 0 Å². The minimum Gasteiger partial charge on any atom is -0.298 e. The molecule has 0 spiro atoms. The van der Waals surface area contributed by atoms with Crippen molar-refractivity contribution in [3.05, 3.63) is 34.3 Å². The zero-order chi connectivity index (χ0) is 14.7. The lowest BCUT2D eigenvalue weighted by molar-refractivity contribution is 0.0518. The lowest BCUT2D eigenvalue weighted by atomic mass is 9.84. The van der Waals surface area contributed by atoms with Crippen LogP contribution < -0.4 is 0 Å². The van der Waals surface area contributed by atoms with Crippen molar-refractivity contribution in [3.8, 4) is 0 Å². The highest BCUT2D eigenvalue weighted by Gasteiger charge is 2.29. The first-order chi connectivity index (χ1) is 10.2. The molecule has 3 heteroatoms. The fourth-order valence-corrected chi connectivity index (χ4v) is 4.43. The summed E-state index contributed by atoms with van der Waals surface area (Å²) in [6.45, 7) is 8.49. The van der Waals surface area contributed by atoms with E-state index in [4.69, 9.17) is 0 Å². The van der Waals surface area contributed by atoms with Gasteiger partial charge in [0.05, 0.1) is 0 Å².